The van der Waals surface area contributed by atoms with Gasteiger partial charge < -0.3 is 0 Å². The van der Waals surface area contributed by atoms with E-state index in [2.05, 4.69) is 20.7 Å². The predicted molar refractivity (Wildman–Crippen MR) is 42.3 cm³/mol. The van der Waals surface area contributed by atoms with Crippen LogP contribution in [-0.2, 0) is 10.2 Å². The van der Waals surface area contributed by atoms with Crippen LogP contribution < -0.4 is 4.72 Å². The Hall–Kier alpha value is 0.350. The molecule has 1 N–H and O–H groups in total. The van der Waals surface area contributed by atoms with Crippen molar-refractivity contribution < 1.29 is 8.42 Å². The lowest BCUT2D eigenvalue weighted by Gasteiger charge is -2.09. The molecule has 0 amide bonds. The Morgan fingerprint density at radius 2 is 2.30 bits per heavy atom. The summed E-state index contributed by atoms with van der Waals surface area (Å²) < 4.78 is 25.7. The fraction of sp³-hybridized carbons (Fsp3) is 1.00. The molecule has 1 fully saturated rings. The zero-order valence-electron chi connectivity index (χ0n) is 5.38. The highest BCUT2D eigenvalue weighted by Crippen LogP contribution is 2.03. The van der Waals surface area contributed by atoms with Crippen LogP contribution in [0.5, 0.6) is 0 Å². The summed E-state index contributed by atoms with van der Waals surface area (Å²) in [7, 11) is -3.10. The summed E-state index contributed by atoms with van der Waals surface area (Å²) in [5, 5.41) is 0.688. The first-order chi connectivity index (χ1) is 4.67. The molecule has 0 aromatic carbocycles. The van der Waals surface area contributed by atoms with Crippen LogP contribution in [0, 0.1) is 0 Å². The maximum Gasteiger partial charge on any atom is 0.279 e. The van der Waals surface area contributed by atoms with E-state index in [4.69, 9.17) is 0 Å². The van der Waals surface area contributed by atoms with Gasteiger partial charge in [0.1, 0.15) is 0 Å². The van der Waals surface area contributed by atoms with Crippen molar-refractivity contribution in [3.05, 3.63) is 0 Å². The first-order valence-corrected chi connectivity index (χ1v) is 5.53. The smallest absolute Gasteiger partial charge is 0.201 e. The molecule has 0 spiro atoms. The van der Waals surface area contributed by atoms with Crippen molar-refractivity contribution in [1.82, 2.24) is 9.03 Å². The lowest BCUT2D eigenvalue weighted by Crippen LogP contribution is -2.30. The maximum atomic E-state index is 10.9. The van der Waals surface area contributed by atoms with E-state index in [0.29, 0.717) is 25.0 Å². The Labute approximate surface area is 68.9 Å². The molecule has 0 unspecified atom stereocenters. The second-order valence-corrected chi connectivity index (χ2v) is 4.54. The fourth-order valence-corrected chi connectivity index (χ4v) is 2.69. The molecule has 1 aliphatic rings. The third kappa shape index (κ3) is 1.69. The SMILES string of the molecule is O=S1(=O)NCCN1CCBr. The van der Waals surface area contributed by atoms with Gasteiger partial charge in [0.25, 0.3) is 10.2 Å². The van der Waals surface area contributed by atoms with Crippen molar-refractivity contribution in [2.75, 3.05) is 25.0 Å². The molecule has 0 aliphatic carbocycles. The first kappa shape index (κ1) is 8.45. The van der Waals surface area contributed by atoms with Gasteiger partial charge >= 0.3 is 0 Å². The fourth-order valence-electron chi connectivity index (χ4n) is 0.837. The van der Waals surface area contributed by atoms with Gasteiger partial charge in [-0.05, 0) is 0 Å². The van der Waals surface area contributed by atoms with Crippen LogP contribution in [0.4, 0.5) is 0 Å². The summed E-state index contributed by atoms with van der Waals surface area (Å²) in [5.41, 5.74) is 0. The van der Waals surface area contributed by atoms with Gasteiger partial charge in [-0.2, -0.15) is 12.7 Å². The molecule has 1 heterocycles. The Morgan fingerprint density at radius 1 is 1.60 bits per heavy atom. The van der Waals surface area contributed by atoms with E-state index in [1.54, 1.807) is 0 Å². The zero-order valence-corrected chi connectivity index (χ0v) is 7.78. The lowest BCUT2D eigenvalue weighted by atomic mass is 10.6. The molecule has 60 valence electrons. The molecular weight excluding hydrogens is 220 g/mol. The quantitative estimate of drug-likeness (QED) is 0.651. The monoisotopic (exact) mass is 228 g/mol. The molecule has 0 atom stereocenters. The minimum absolute atomic E-state index is 0.537. The van der Waals surface area contributed by atoms with Crippen LogP contribution in [0.1, 0.15) is 0 Å². The van der Waals surface area contributed by atoms with Gasteiger partial charge in [0.05, 0.1) is 0 Å². The number of nitrogens with zero attached hydrogens (tertiary/aromatic N) is 1. The van der Waals surface area contributed by atoms with Crippen molar-refractivity contribution in [2.45, 2.75) is 0 Å². The highest BCUT2D eigenvalue weighted by molar-refractivity contribution is 9.09. The van der Waals surface area contributed by atoms with Gasteiger partial charge in [-0.15, -0.1) is 0 Å². The van der Waals surface area contributed by atoms with Gasteiger partial charge in [-0.25, -0.2) is 4.72 Å². The average molecular weight is 229 g/mol. The molecule has 0 saturated carbocycles. The minimum atomic E-state index is -3.10. The molecule has 6 heteroatoms. The van der Waals surface area contributed by atoms with Gasteiger partial charge in [0, 0.05) is 25.0 Å². The highest BCUT2D eigenvalue weighted by Gasteiger charge is 2.26. The summed E-state index contributed by atoms with van der Waals surface area (Å²) in [5.74, 6) is 0. The summed E-state index contributed by atoms with van der Waals surface area (Å²) in [4.78, 5) is 0. The number of alkyl halides is 1. The Balaban J connectivity index is 2.60. The van der Waals surface area contributed by atoms with Gasteiger partial charge in [-0.1, -0.05) is 15.9 Å². The predicted octanol–water partition coefficient (Wildman–Crippen LogP) is -0.469. The number of nitrogens with one attached hydrogen (secondary N) is 1. The number of hydrogen-bond donors (Lipinski definition) is 1. The zero-order chi connectivity index (χ0) is 7.61. The molecule has 0 bridgehead atoms. The second-order valence-electron chi connectivity index (χ2n) is 1.99. The third-order valence-corrected chi connectivity index (χ3v) is 3.29. The Kier molecular flexibility index (Phi) is 2.67. The standard InChI is InChI=1S/C4H9BrN2O2S/c5-1-3-7-4-2-6-10(7,8)9/h6H,1-4H2. The molecule has 0 aromatic heterocycles. The number of rotatable bonds is 2. The van der Waals surface area contributed by atoms with Crippen molar-refractivity contribution in [2.24, 2.45) is 0 Å². The number of hydrogen-bond acceptors (Lipinski definition) is 2. The van der Waals surface area contributed by atoms with Crippen molar-refractivity contribution in [3.8, 4) is 0 Å². The van der Waals surface area contributed by atoms with E-state index in [0.717, 1.165) is 0 Å². The van der Waals surface area contributed by atoms with Crippen LogP contribution in [-0.4, -0.2) is 37.7 Å². The molecule has 1 rings (SSSR count). The molecule has 0 radical (unpaired) electrons. The van der Waals surface area contributed by atoms with E-state index in [1.165, 1.54) is 4.31 Å². The molecule has 1 saturated heterocycles. The van der Waals surface area contributed by atoms with E-state index in [9.17, 15) is 8.42 Å². The molecule has 1 aliphatic heterocycles. The molecule has 4 nitrogen and oxygen atoms in total. The first-order valence-electron chi connectivity index (χ1n) is 2.97. The lowest BCUT2D eigenvalue weighted by molar-refractivity contribution is 0.472. The van der Waals surface area contributed by atoms with Crippen molar-refractivity contribution in [3.63, 3.8) is 0 Å². The Bertz CT molecular complexity index is 203. The normalized spacial score (nSPS) is 25.3. The topological polar surface area (TPSA) is 49.4 Å². The maximum absolute atomic E-state index is 10.9. The summed E-state index contributed by atoms with van der Waals surface area (Å²) in [6.45, 7) is 1.68. The van der Waals surface area contributed by atoms with Gasteiger partial charge in [0.2, 0.25) is 0 Å². The van der Waals surface area contributed by atoms with E-state index in [-0.39, 0.29) is 0 Å². The van der Waals surface area contributed by atoms with Crippen LogP contribution in [0.2, 0.25) is 0 Å². The van der Waals surface area contributed by atoms with Crippen molar-refractivity contribution in [1.29, 1.82) is 0 Å². The average Bonchev–Trinajstić information content (AvgIpc) is 2.13. The van der Waals surface area contributed by atoms with E-state index >= 15 is 0 Å². The summed E-state index contributed by atoms with van der Waals surface area (Å²) in [6, 6.07) is 0. The third-order valence-electron chi connectivity index (χ3n) is 1.32. The van der Waals surface area contributed by atoms with Crippen LogP contribution in [0.25, 0.3) is 0 Å². The largest absolute Gasteiger partial charge is 0.279 e. The van der Waals surface area contributed by atoms with Gasteiger partial charge in [0.15, 0.2) is 0 Å². The Morgan fingerprint density at radius 3 is 2.70 bits per heavy atom. The number of halogens is 1. The van der Waals surface area contributed by atoms with Gasteiger partial charge in [-0.3, -0.25) is 0 Å². The summed E-state index contributed by atoms with van der Waals surface area (Å²) in [6.07, 6.45) is 0. The highest BCUT2D eigenvalue weighted by atomic mass is 79.9. The van der Waals surface area contributed by atoms with Crippen molar-refractivity contribution >= 4 is 26.1 Å². The second kappa shape index (κ2) is 3.17. The molecule has 0 aromatic rings. The molecule has 10 heavy (non-hydrogen) atoms. The minimum Gasteiger partial charge on any atom is -0.201 e. The van der Waals surface area contributed by atoms with Crippen LogP contribution >= 0.6 is 15.9 Å². The molecular formula is C4H9BrN2O2S. The summed E-state index contributed by atoms with van der Waals surface area (Å²) >= 11 is 3.18. The van der Waals surface area contributed by atoms with Crippen LogP contribution in [0.15, 0.2) is 0 Å². The van der Waals surface area contributed by atoms with E-state index < -0.39 is 10.2 Å². The van der Waals surface area contributed by atoms with Crippen LogP contribution in [0.3, 0.4) is 0 Å². The van der Waals surface area contributed by atoms with E-state index in [1.807, 2.05) is 0 Å².